The first kappa shape index (κ1) is 112. The highest BCUT2D eigenvalue weighted by atomic mass is 35.5. The molecule has 8 aliphatic heterocycles. The summed E-state index contributed by atoms with van der Waals surface area (Å²) in [6, 6.07) is 14.2. The summed E-state index contributed by atoms with van der Waals surface area (Å²) < 4.78 is 72.1. The van der Waals surface area contributed by atoms with Gasteiger partial charge < -0.3 is 79.6 Å². The van der Waals surface area contributed by atoms with Gasteiger partial charge in [0.15, 0.2) is 43.4 Å². The SMILES string of the molecule is CCOC(=O)C1=C(CN2CCO[C@@H](C)[C@@H]2CCC(=O)O)NC(c2nccs2)=N[C@H]1c1ccc(Cl)cc1Cl.CCOC(=O)C1=C(CN2CCO[C@@H](C)[C@@H]2CCC(=O)O)NC(c2nccs2)=N[C@H]1c1ccc(F)cc1Cl.COC(=O)C1=C(CN2CCO[C@@H](C)[C@@H]2CCC(=O)O)NC(c2nccs2)=N[C@H]1c1ccc(Cl)cc1Cl.COC(=O)C1=C(CN2CCO[C@@H](C)[C@@H]2CCC(=O)O)NC(c2nccs2)=N[C@H]1c1ccc(F)cc1Cl. The Hall–Kier alpha value is -10.7. The lowest BCUT2D eigenvalue weighted by Crippen LogP contribution is -2.52. The number of nitrogens with zero attached hydrogens (tertiary/aromatic N) is 12. The molecule has 48 heteroatoms. The Balaban J connectivity index is 0.000000163. The number of ether oxygens (including phenoxy) is 8. The van der Waals surface area contributed by atoms with E-state index in [2.05, 4.69) is 60.8 Å². The molecule has 4 aromatic carbocycles. The molecule has 8 aromatic rings. The van der Waals surface area contributed by atoms with Gasteiger partial charge in [-0.05, 0) is 116 Å². The van der Waals surface area contributed by atoms with Crippen LogP contribution in [0.1, 0.15) is 159 Å². The number of halogens is 8. The van der Waals surface area contributed by atoms with E-state index in [-0.39, 0.29) is 122 Å². The minimum Gasteiger partial charge on any atom is -0.481 e. The van der Waals surface area contributed by atoms with Crippen molar-refractivity contribution in [2.24, 2.45) is 20.0 Å². The Morgan fingerprint density at radius 1 is 0.377 bits per heavy atom. The summed E-state index contributed by atoms with van der Waals surface area (Å²) in [7, 11) is 2.60. The highest BCUT2D eigenvalue weighted by Gasteiger charge is 2.44. The van der Waals surface area contributed by atoms with Crippen LogP contribution in [0.2, 0.25) is 30.1 Å². The van der Waals surface area contributed by atoms with Crippen molar-refractivity contribution < 1.29 is 105 Å². The zero-order valence-electron chi connectivity index (χ0n) is 80.4. The first-order valence-electron chi connectivity index (χ1n) is 46.6. The molecule has 4 saturated heterocycles. The molecule has 0 aliphatic carbocycles. The highest BCUT2D eigenvalue weighted by Crippen LogP contribution is 2.44. The average molecular weight is 2210 g/mol. The molecule has 0 spiro atoms. The molecule has 36 nitrogen and oxygen atoms in total. The van der Waals surface area contributed by atoms with Crippen molar-refractivity contribution in [3.63, 3.8) is 0 Å². The fraction of sp³-hybridized carbons (Fsp3) is 0.429. The second-order valence-corrected chi connectivity index (χ2v) is 40.3. The van der Waals surface area contributed by atoms with Crippen molar-refractivity contribution in [2.45, 2.75) is 166 Å². The van der Waals surface area contributed by atoms with E-state index < -0.39 is 83.6 Å². The fourth-order valence-electron chi connectivity index (χ4n) is 18.1. The topological polar surface area (TPSA) is 453 Å². The number of carboxylic acid groups (broad SMARTS) is 4. The Labute approximate surface area is 885 Å². The zero-order valence-corrected chi connectivity index (χ0v) is 88.2. The Bertz CT molecular complexity index is 5900. The zero-order chi connectivity index (χ0) is 105. The van der Waals surface area contributed by atoms with Crippen LogP contribution in [-0.4, -0.2) is 286 Å². The molecule has 0 radical (unpaired) electrons. The van der Waals surface area contributed by atoms with Gasteiger partial charge >= 0.3 is 47.8 Å². The molecular weight excluding hydrogens is 2100 g/mol. The van der Waals surface area contributed by atoms with Gasteiger partial charge in [0.05, 0.1) is 101 Å². The summed E-state index contributed by atoms with van der Waals surface area (Å²) in [6.07, 6.45) is 7.55. The number of aliphatic carboxylic acids is 4. The Morgan fingerprint density at radius 2 is 0.616 bits per heavy atom. The van der Waals surface area contributed by atoms with Gasteiger partial charge in [0.25, 0.3) is 0 Å². The fourth-order valence-corrected chi connectivity index (χ4v) is 22.1. The summed E-state index contributed by atoms with van der Waals surface area (Å²) in [6.45, 7) is 16.9. The van der Waals surface area contributed by atoms with E-state index in [0.29, 0.717) is 211 Å². The van der Waals surface area contributed by atoms with Crippen LogP contribution >= 0.6 is 115 Å². The first-order chi connectivity index (χ1) is 70.1. The van der Waals surface area contributed by atoms with Crippen LogP contribution in [0, 0.1) is 11.6 Å². The number of amidine groups is 4. The second-order valence-electron chi connectivity index (χ2n) is 34.2. The summed E-state index contributed by atoms with van der Waals surface area (Å²) in [5, 5.41) is 62.0. The molecule has 0 saturated carbocycles. The molecule has 4 aromatic heterocycles. The molecule has 0 amide bonds. The number of methoxy groups -OCH3 is 2. The van der Waals surface area contributed by atoms with Crippen LogP contribution in [0.4, 0.5) is 8.78 Å². The third-order valence-corrected chi connectivity index (χ3v) is 29.9. The number of esters is 4. The summed E-state index contributed by atoms with van der Waals surface area (Å²) in [5.74, 6) is -4.82. The minimum absolute atomic E-state index is 0.00822. The molecule has 8 aliphatic rings. The number of carbonyl (C=O) groups is 8. The number of thiazole rings is 4. The monoisotopic (exact) mass is 2200 g/mol. The van der Waals surface area contributed by atoms with Crippen LogP contribution in [-0.2, 0) is 76.3 Å². The van der Waals surface area contributed by atoms with E-state index in [1.807, 2.05) is 49.2 Å². The molecule has 16 rings (SSSR count). The molecule has 146 heavy (non-hydrogen) atoms. The highest BCUT2D eigenvalue weighted by molar-refractivity contribution is 7.12. The van der Waals surface area contributed by atoms with Crippen molar-refractivity contribution >= 4 is 186 Å². The number of carbonyl (C=O) groups excluding carboxylic acids is 4. The molecule has 780 valence electrons. The van der Waals surface area contributed by atoms with Crippen molar-refractivity contribution in [3.8, 4) is 0 Å². The van der Waals surface area contributed by atoms with Crippen LogP contribution < -0.4 is 21.3 Å². The molecule has 12 heterocycles. The van der Waals surface area contributed by atoms with E-state index in [0.717, 1.165) is 0 Å². The largest absolute Gasteiger partial charge is 0.481 e. The molecule has 4 fully saturated rings. The lowest BCUT2D eigenvalue weighted by molar-refractivity contribution is -0.140. The number of carboxylic acids is 4. The van der Waals surface area contributed by atoms with Crippen LogP contribution in [0.25, 0.3) is 0 Å². The maximum absolute atomic E-state index is 13.9. The van der Waals surface area contributed by atoms with E-state index >= 15 is 0 Å². The van der Waals surface area contributed by atoms with Crippen LogP contribution in [0.5, 0.6) is 0 Å². The number of nitrogens with one attached hydrogen (secondary N) is 4. The van der Waals surface area contributed by atoms with Gasteiger partial charge in [-0.2, -0.15) is 0 Å². The summed E-state index contributed by atoms with van der Waals surface area (Å²) in [4.78, 5) is 143. The quantitative estimate of drug-likeness (QED) is 0.0137. The number of morpholine rings is 4. The van der Waals surface area contributed by atoms with E-state index in [4.69, 9.17) is 127 Å². The molecule has 0 unspecified atom stereocenters. The lowest BCUT2D eigenvalue weighted by atomic mass is 9.94. The minimum atomic E-state index is -0.887. The normalized spacial score (nSPS) is 22.5. The number of hydrogen-bond acceptors (Lipinski definition) is 36. The van der Waals surface area contributed by atoms with E-state index in [1.54, 1.807) is 75.0 Å². The number of rotatable bonds is 34. The second kappa shape index (κ2) is 53.4. The van der Waals surface area contributed by atoms with Crippen molar-refractivity contribution in [2.75, 3.05) is 106 Å². The van der Waals surface area contributed by atoms with Gasteiger partial charge in [0, 0.05) is 224 Å². The number of hydrogen-bond donors (Lipinski definition) is 8. The third-order valence-electron chi connectivity index (χ3n) is 25.0. The maximum atomic E-state index is 13.9. The summed E-state index contributed by atoms with van der Waals surface area (Å²) in [5.41, 5.74) is 5.53. The standard InChI is InChI=1S/C25H28Cl2N4O5S.C25H28ClFN4O5S.C24H26Cl2N4O5S.C24H26ClFN4O5S/c1-3-35-25(34)21-18(13-31-9-10-36-14(2)19(31)6-7-20(32)33)29-23(24-28-8-11-37-24)30-22(21)16-5-4-15(26)12-17(16)27;1-3-35-25(34)21-18(13-31-9-10-36-14(2)19(31)6-7-20(32)33)29-23(24-28-8-11-37-24)30-22(21)16-5-4-15(27)12-17(16)26;1-13-18(5-6-19(31)32)30(8-9-35-13)12-17-20(24(33)34-2)21(15-4-3-14(25)11-16(15)26)29-22(28-17)23-27-7-10-36-23;1-13-18(5-6-19(31)32)30(8-9-35-13)12-17-20(24(33)34-2)21(15-4-3-14(26)11-16(15)25)29-22(28-17)23-27-7-10-36-23/h2*4-5,8,11-12,14,19,22H,3,6-7,9-10,13H2,1-2H3,(H,29,30)(H,32,33);2*3-4,7,10-11,13,18,21H,5-6,8-9,12H2,1-2H3,(H,28,29)(H,31,32)/t2*14-,19-,22-;2*13-,18-,21-/m0000/s1. The summed E-state index contributed by atoms with van der Waals surface area (Å²) >= 11 is 43.8. The van der Waals surface area contributed by atoms with Gasteiger partial charge in [0.2, 0.25) is 0 Å². The number of aliphatic imine (C=N–C) groups is 4. The predicted molar refractivity (Wildman–Crippen MR) is 550 cm³/mol. The van der Waals surface area contributed by atoms with E-state index in [1.165, 1.54) is 96.0 Å². The average Bonchev–Trinajstić information content (AvgIpc) is 1.07. The van der Waals surface area contributed by atoms with Gasteiger partial charge in [-0.25, -0.2) is 47.9 Å². The Morgan fingerprint density at radius 3 is 0.829 bits per heavy atom. The van der Waals surface area contributed by atoms with Gasteiger partial charge in [-0.3, -0.25) is 58.7 Å². The number of aromatic nitrogens is 4. The Kier molecular flexibility index (Phi) is 41.2. The van der Waals surface area contributed by atoms with Gasteiger partial charge in [-0.15, -0.1) is 45.3 Å². The van der Waals surface area contributed by atoms with Crippen LogP contribution in [0.3, 0.4) is 0 Å². The third kappa shape index (κ3) is 29.1. The predicted octanol–water partition coefficient (Wildman–Crippen LogP) is 15.4. The first-order valence-corrected chi connectivity index (χ1v) is 52.4. The van der Waals surface area contributed by atoms with Crippen molar-refractivity contribution in [3.05, 3.63) is 248 Å². The van der Waals surface area contributed by atoms with Crippen LogP contribution in [0.15, 0.2) is 184 Å². The smallest absolute Gasteiger partial charge is 0.338 e. The van der Waals surface area contributed by atoms with Crippen molar-refractivity contribution in [1.82, 2.24) is 60.8 Å². The maximum Gasteiger partial charge on any atom is 0.338 e. The lowest BCUT2D eigenvalue weighted by Gasteiger charge is -2.41. The molecule has 8 N–H and O–H groups in total. The van der Waals surface area contributed by atoms with E-state index in [9.17, 15) is 67.6 Å². The van der Waals surface area contributed by atoms with Crippen molar-refractivity contribution in [1.29, 1.82) is 0 Å². The van der Waals surface area contributed by atoms with Gasteiger partial charge in [-0.1, -0.05) is 93.9 Å². The molecule has 0 bridgehead atoms. The molecular formula is C98H108Cl6F2N16O20S4. The molecule has 12 atom stereocenters. The number of benzene rings is 4. The van der Waals surface area contributed by atoms with Gasteiger partial charge in [0.1, 0.15) is 35.8 Å².